The molecule has 0 saturated heterocycles. The standard InChI is InChI=1S/C24H21BrN4O/c1-15-21(25)14-28-23(22(15)29-24(30)18-10-11-18)27-13-16-6-8-17(9-7-16)20-5-3-2-4-19(20)12-26/h2-9,14,18H,10-11,13H2,1H3,(H,27,28)(H,29,30). The van der Waals surface area contributed by atoms with Crippen LogP contribution in [0.15, 0.2) is 59.2 Å². The van der Waals surface area contributed by atoms with Gasteiger partial charge in [-0.3, -0.25) is 4.79 Å². The Bertz CT molecular complexity index is 1130. The first-order valence-electron chi connectivity index (χ1n) is 9.85. The lowest BCUT2D eigenvalue weighted by atomic mass is 9.99. The van der Waals surface area contributed by atoms with Crippen molar-refractivity contribution >= 4 is 33.3 Å². The van der Waals surface area contributed by atoms with Crippen molar-refractivity contribution in [2.45, 2.75) is 26.3 Å². The molecule has 6 heteroatoms. The summed E-state index contributed by atoms with van der Waals surface area (Å²) in [5.41, 5.74) is 5.34. The largest absolute Gasteiger partial charge is 0.364 e. The molecule has 1 fully saturated rings. The van der Waals surface area contributed by atoms with Crippen LogP contribution in [0.4, 0.5) is 11.5 Å². The summed E-state index contributed by atoms with van der Waals surface area (Å²) >= 11 is 3.50. The quantitative estimate of drug-likeness (QED) is 0.497. The summed E-state index contributed by atoms with van der Waals surface area (Å²) in [6, 6.07) is 17.9. The molecule has 2 aromatic carbocycles. The molecule has 4 rings (SSSR count). The number of carbonyl (C=O) groups is 1. The second-order valence-corrected chi connectivity index (χ2v) is 8.28. The van der Waals surface area contributed by atoms with E-state index in [9.17, 15) is 10.1 Å². The Morgan fingerprint density at radius 1 is 1.20 bits per heavy atom. The molecule has 0 unspecified atom stereocenters. The molecule has 1 aliphatic rings. The highest BCUT2D eigenvalue weighted by Crippen LogP contribution is 2.34. The number of nitrogens with zero attached hydrogens (tertiary/aromatic N) is 2. The van der Waals surface area contributed by atoms with Gasteiger partial charge in [0, 0.05) is 23.1 Å². The maximum atomic E-state index is 12.3. The molecule has 5 nitrogen and oxygen atoms in total. The average Bonchev–Trinajstić information content (AvgIpc) is 3.62. The van der Waals surface area contributed by atoms with Crippen molar-refractivity contribution in [3.8, 4) is 17.2 Å². The van der Waals surface area contributed by atoms with Crippen molar-refractivity contribution in [3.05, 3.63) is 75.9 Å². The molecule has 1 aromatic heterocycles. The first-order chi connectivity index (χ1) is 14.6. The Labute approximate surface area is 184 Å². The summed E-state index contributed by atoms with van der Waals surface area (Å²) < 4.78 is 0.861. The van der Waals surface area contributed by atoms with Crippen molar-refractivity contribution in [3.63, 3.8) is 0 Å². The van der Waals surface area contributed by atoms with Crippen LogP contribution in [0.2, 0.25) is 0 Å². The third kappa shape index (κ3) is 4.37. The van der Waals surface area contributed by atoms with Gasteiger partial charge in [-0.1, -0.05) is 42.5 Å². The molecule has 2 N–H and O–H groups in total. The summed E-state index contributed by atoms with van der Waals surface area (Å²) in [4.78, 5) is 16.8. The van der Waals surface area contributed by atoms with Crippen LogP contribution in [0.25, 0.3) is 11.1 Å². The smallest absolute Gasteiger partial charge is 0.227 e. The molecule has 1 amide bonds. The number of carbonyl (C=O) groups excluding carboxylic acids is 1. The summed E-state index contributed by atoms with van der Waals surface area (Å²) in [5.74, 6) is 0.838. The molecule has 1 aliphatic carbocycles. The number of pyridine rings is 1. The van der Waals surface area contributed by atoms with E-state index in [0.29, 0.717) is 17.9 Å². The number of amides is 1. The third-order valence-electron chi connectivity index (χ3n) is 5.25. The van der Waals surface area contributed by atoms with E-state index in [0.717, 1.165) is 45.3 Å². The zero-order valence-electron chi connectivity index (χ0n) is 16.6. The second kappa shape index (κ2) is 8.68. The predicted octanol–water partition coefficient (Wildman–Crippen LogP) is 5.65. The van der Waals surface area contributed by atoms with Gasteiger partial charge in [0.25, 0.3) is 0 Å². The monoisotopic (exact) mass is 460 g/mol. The van der Waals surface area contributed by atoms with E-state index < -0.39 is 0 Å². The maximum Gasteiger partial charge on any atom is 0.227 e. The lowest BCUT2D eigenvalue weighted by Gasteiger charge is -2.16. The Hall–Kier alpha value is -3.17. The van der Waals surface area contributed by atoms with Gasteiger partial charge in [0.15, 0.2) is 0 Å². The molecular weight excluding hydrogens is 440 g/mol. The fraction of sp³-hybridized carbons (Fsp3) is 0.208. The topological polar surface area (TPSA) is 77.8 Å². The molecule has 150 valence electrons. The SMILES string of the molecule is Cc1c(Br)cnc(NCc2ccc(-c3ccccc3C#N)cc2)c1NC(=O)C1CC1. The van der Waals surface area contributed by atoms with Crippen LogP contribution in [0.5, 0.6) is 0 Å². The van der Waals surface area contributed by atoms with E-state index in [1.807, 2.05) is 55.5 Å². The molecule has 0 radical (unpaired) electrons. The van der Waals surface area contributed by atoms with E-state index in [1.54, 1.807) is 6.20 Å². The Balaban J connectivity index is 1.50. The van der Waals surface area contributed by atoms with E-state index in [2.05, 4.69) is 37.6 Å². The third-order valence-corrected chi connectivity index (χ3v) is 6.05. The molecule has 30 heavy (non-hydrogen) atoms. The van der Waals surface area contributed by atoms with Gasteiger partial charge in [-0.25, -0.2) is 4.98 Å². The molecular formula is C24H21BrN4O. The number of hydrogen-bond acceptors (Lipinski definition) is 4. The van der Waals surface area contributed by atoms with Gasteiger partial charge in [-0.05, 0) is 64.0 Å². The van der Waals surface area contributed by atoms with Gasteiger partial charge >= 0.3 is 0 Å². The summed E-state index contributed by atoms with van der Waals surface area (Å²) in [6.45, 7) is 2.53. The van der Waals surface area contributed by atoms with Crippen molar-refractivity contribution in [1.29, 1.82) is 5.26 Å². The Morgan fingerprint density at radius 3 is 2.63 bits per heavy atom. The fourth-order valence-electron chi connectivity index (χ4n) is 3.26. The highest BCUT2D eigenvalue weighted by atomic mass is 79.9. The van der Waals surface area contributed by atoms with Gasteiger partial charge in [0.2, 0.25) is 5.91 Å². The molecule has 1 saturated carbocycles. The summed E-state index contributed by atoms with van der Waals surface area (Å²) in [7, 11) is 0. The van der Waals surface area contributed by atoms with E-state index >= 15 is 0 Å². The predicted molar refractivity (Wildman–Crippen MR) is 122 cm³/mol. The van der Waals surface area contributed by atoms with E-state index in [1.165, 1.54) is 0 Å². The number of anilines is 2. The minimum absolute atomic E-state index is 0.0570. The van der Waals surface area contributed by atoms with Gasteiger partial charge in [-0.2, -0.15) is 5.26 Å². The zero-order chi connectivity index (χ0) is 21.1. The van der Waals surface area contributed by atoms with Crippen molar-refractivity contribution < 1.29 is 4.79 Å². The fourth-order valence-corrected chi connectivity index (χ4v) is 3.56. The molecule has 0 atom stereocenters. The van der Waals surface area contributed by atoms with Crippen LogP contribution < -0.4 is 10.6 Å². The lowest BCUT2D eigenvalue weighted by Crippen LogP contribution is -2.17. The average molecular weight is 461 g/mol. The summed E-state index contributed by atoms with van der Waals surface area (Å²) in [6.07, 6.45) is 3.65. The van der Waals surface area contributed by atoms with Crippen LogP contribution in [-0.4, -0.2) is 10.9 Å². The minimum atomic E-state index is 0.0570. The van der Waals surface area contributed by atoms with Gasteiger partial charge in [-0.15, -0.1) is 0 Å². The molecule has 1 heterocycles. The molecule has 3 aromatic rings. The first-order valence-corrected chi connectivity index (χ1v) is 10.6. The number of hydrogen-bond donors (Lipinski definition) is 2. The Kier molecular flexibility index (Phi) is 5.82. The van der Waals surface area contributed by atoms with Gasteiger partial charge in [0.05, 0.1) is 17.3 Å². The Morgan fingerprint density at radius 2 is 1.93 bits per heavy atom. The highest BCUT2D eigenvalue weighted by Gasteiger charge is 2.30. The minimum Gasteiger partial charge on any atom is -0.364 e. The van der Waals surface area contributed by atoms with Crippen molar-refractivity contribution in [1.82, 2.24) is 4.98 Å². The van der Waals surface area contributed by atoms with Crippen molar-refractivity contribution in [2.24, 2.45) is 5.92 Å². The lowest BCUT2D eigenvalue weighted by molar-refractivity contribution is -0.117. The van der Waals surface area contributed by atoms with Crippen molar-refractivity contribution in [2.75, 3.05) is 10.6 Å². The van der Waals surface area contributed by atoms with E-state index in [-0.39, 0.29) is 11.8 Å². The van der Waals surface area contributed by atoms with Crippen LogP contribution >= 0.6 is 15.9 Å². The first kappa shape index (κ1) is 20.1. The summed E-state index contributed by atoms with van der Waals surface area (Å²) in [5, 5.41) is 15.7. The molecule has 0 spiro atoms. The van der Waals surface area contributed by atoms with Crippen LogP contribution in [0.1, 0.15) is 29.5 Å². The second-order valence-electron chi connectivity index (χ2n) is 7.43. The van der Waals surface area contributed by atoms with Gasteiger partial charge in [0.1, 0.15) is 5.82 Å². The van der Waals surface area contributed by atoms with Crippen LogP contribution in [0, 0.1) is 24.2 Å². The number of rotatable bonds is 6. The van der Waals surface area contributed by atoms with Crippen LogP contribution in [0.3, 0.4) is 0 Å². The highest BCUT2D eigenvalue weighted by molar-refractivity contribution is 9.10. The zero-order valence-corrected chi connectivity index (χ0v) is 18.2. The maximum absolute atomic E-state index is 12.3. The number of nitrogens with one attached hydrogen (secondary N) is 2. The number of benzene rings is 2. The van der Waals surface area contributed by atoms with Crippen LogP contribution in [-0.2, 0) is 11.3 Å². The number of nitriles is 1. The van der Waals surface area contributed by atoms with Gasteiger partial charge < -0.3 is 10.6 Å². The molecule has 0 aliphatic heterocycles. The normalized spacial score (nSPS) is 12.8. The number of halogens is 1. The molecule has 0 bridgehead atoms. The van der Waals surface area contributed by atoms with E-state index in [4.69, 9.17) is 0 Å². The number of aromatic nitrogens is 1.